The van der Waals surface area contributed by atoms with Gasteiger partial charge in [-0.2, -0.15) is 0 Å². The molecule has 0 amide bonds. The van der Waals surface area contributed by atoms with Crippen LogP contribution in [0.5, 0.6) is 5.88 Å². The van der Waals surface area contributed by atoms with Crippen LogP contribution < -0.4 is 4.74 Å². The highest BCUT2D eigenvalue weighted by Crippen LogP contribution is 2.27. The fraction of sp³-hybridized carbons (Fsp3) is 0.286. The van der Waals surface area contributed by atoms with Gasteiger partial charge in [0.2, 0.25) is 5.88 Å². The van der Waals surface area contributed by atoms with E-state index in [0.29, 0.717) is 12.3 Å². The molecule has 1 unspecified atom stereocenters. The lowest BCUT2D eigenvalue weighted by Gasteiger charge is -2.10. The minimum atomic E-state index is 0.224. The third-order valence-corrected chi connectivity index (χ3v) is 2.97. The van der Waals surface area contributed by atoms with E-state index in [-0.39, 0.29) is 5.92 Å². The van der Waals surface area contributed by atoms with Crippen LogP contribution in [0.2, 0.25) is 0 Å². The SMILES string of the molecule is COc1nccc2ccc(C(C)CC=O)cc12. The number of pyridine rings is 1. The van der Waals surface area contributed by atoms with Crippen molar-refractivity contribution in [2.24, 2.45) is 0 Å². The highest BCUT2D eigenvalue weighted by Gasteiger charge is 2.08. The van der Waals surface area contributed by atoms with Crippen LogP contribution >= 0.6 is 0 Å². The molecule has 1 aromatic carbocycles. The second-order valence-electron chi connectivity index (χ2n) is 4.10. The minimum Gasteiger partial charge on any atom is -0.481 e. The number of methoxy groups -OCH3 is 1. The Bertz CT molecular complexity index is 537. The number of aldehydes is 1. The molecular formula is C14H15NO2. The highest BCUT2D eigenvalue weighted by atomic mass is 16.5. The van der Waals surface area contributed by atoms with Crippen LogP contribution in [-0.4, -0.2) is 18.4 Å². The molecule has 2 rings (SSSR count). The van der Waals surface area contributed by atoms with Gasteiger partial charge in [-0.1, -0.05) is 19.1 Å². The highest BCUT2D eigenvalue weighted by molar-refractivity contribution is 5.87. The third kappa shape index (κ3) is 2.28. The summed E-state index contributed by atoms with van der Waals surface area (Å²) in [6.07, 6.45) is 3.22. The molecule has 3 nitrogen and oxygen atoms in total. The van der Waals surface area contributed by atoms with Crippen molar-refractivity contribution >= 4 is 17.1 Å². The first-order valence-electron chi connectivity index (χ1n) is 5.62. The summed E-state index contributed by atoms with van der Waals surface area (Å²) in [6, 6.07) is 8.09. The molecule has 0 bridgehead atoms. The fourth-order valence-corrected chi connectivity index (χ4v) is 1.91. The second kappa shape index (κ2) is 4.95. The molecule has 88 valence electrons. The summed E-state index contributed by atoms with van der Waals surface area (Å²) < 4.78 is 5.24. The number of aromatic nitrogens is 1. The van der Waals surface area contributed by atoms with Gasteiger partial charge in [0.25, 0.3) is 0 Å². The van der Waals surface area contributed by atoms with E-state index in [1.807, 2.05) is 19.1 Å². The maximum Gasteiger partial charge on any atom is 0.221 e. The Labute approximate surface area is 100 Å². The molecule has 1 heterocycles. The third-order valence-electron chi connectivity index (χ3n) is 2.97. The molecule has 0 radical (unpaired) electrons. The lowest BCUT2D eigenvalue weighted by Crippen LogP contribution is -1.95. The van der Waals surface area contributed by atoms with Crippen LogP contribution in [0.3, 0.4) is 0 Å². The lowest BCUT2D eigenvalue weighted by atomic mass is 9.96. The molecule has 0 saturated heterocycles. The first kappa shape index (κ1) is 11.6. The average molecular weight is 229 g/mol. The normalized spacial score (nSPS) is 12.4. The Morgan fingerprint density at radius 1 is 1.41 bits per heavy atom. The van der Waals surface area contributed by atoms with Crippen molar-refractivity contribution in [2.75, 3.05) is 7.11 Å². The number of hydrogen-bond acceptors (Lipinski definition) is 3. The van der Waals surface area contributed by atoms with Crippen LogP contribution in [0.15, 0.2) is 30.5 Å². The summed E-state index contributed by atoms with van der Waals surface area (Å²) in [5, 5.41) is 2.09. The molecule has 0 aliphatic heterocycles. The van der Waals surface area contributed by atoms with Gasteiger partial charge >= 0.3 is 0 Å². The number of carbonyl (C=O) groups is 1. The van der Waals surface area contributed by atoms with Crippen molar-refractivity contribution < 1.29 is 9.53 Å². The van der Waals surface area contributed by atoms with Gasteiger partial charge in [-0.05, 0) is 29.0 Å². The van der Waals surface area contributed by atoms with Gasteiger partial charge in [0.15, 0.2) is 0 Å². The molecule has 1 aromatic heterocycles. The number of benzene rings is 1. The number of fused-ring (bicyclic) bond motifs is 1. The van der Waals surface area contributed by atoms with Crippen molar-refractivity contribution in [3.63, 3.8) is 0 Å². The maximum atomic E-state index is 10.5. The lowest BCUT2D eigenvalue weighted by molar-refractivity contribution is -0.108. The first-order valence-corrected chi connectivity index (χ1v) is 5.62. The molecule has 17 heavy (non-hydrogen) atoms. The number of nitrogens with zero attached hydrogens (tertiary/aromatic N) is 1. The topological polar surface area (TPSA) is 39.2 Å². The summed E-state index contributed by atoms with van der Waals surface area (Å²) >= 11 is 0. The van der Waals surface area contributed by atoms with E-state index in [2.05, 4.69) is 17.1 Å². The van der Waals surface area contributed by atoms with Gasteiger partial charge in [-0.3, -0.25) is 0 Å². The summed E-state index contributed by atoms with van der Waals surface area (Å²) in [6.45, 7) is 2.04. The van der Waals surface area contributed by atoms with Crippen molar-refractivity contribution in [3.05, 3.63) is 36.0 Å². The largest absolute Gasteiger partial charge is 0.481 e. The zero-order valence-electron chi connectivity index (χ0n) is 10.0. The van der Waals surface area contributed by atoms with E-state index in [0.717, 1.165) is 22.6 Å². The quantitative estimate of drug-likeness (QED) is 0.757. The molecule has 0 aliphatic carbocycles. The number of hydrogen-bond donors (Lipinski definition) is 0. The van der Waals surface area contributed by atoms with Crippen molar-refractivity contribution in [1.82, 2.24) is 4.98 Å². The summed E-state index contributed by atoms with van der Waals surface area (Å²) in [5.74, 6) is 0.851. The Morgan fingerprint density at radius 2 is 2.24 bits per heavy atom. The van der Waals surface area contributed by atoms with Gasteiger partial charge < -0.3 is 9.53 Å². The Hall–Kier alpha value is -1.90. The van der Waals surface area contributed by atoms with Gasteiger partial charge in [-0.25, -0.2) is 4.98 Å². The number of rotatable bonds is 4. The average Bonchev–Trinajstić information content (AvgIpc) is 2.37. The molecule has 2 aromatic rings. The monoisotopic (exact) mass is 229 g/mol. The number of carbonyl (C=O) groups excluding carboxylic acids is 1. The first-order chi connectivity index (χ1) is 8.26. The van der Waals surface area contributed by atoms with Crippen LogP contribution in [0.4, 0.5) is 0 Å². The van der Waals surface area contributed by atoms with Crippen LogP contribution in [0.1, 0.15) is 24.8 Å². The second-order valence-corrected chi connectivity index (χ2v) is 4.10. The zero-order chi connectivity index (χ0) is 12.3. The summed E-state index contributed by atoms with van der Waals surface area (Å²) in [5.41, 5.74) is 1.14. The Morgan fingerprint density at radius 3 is 2.94 bits per heavy atom. The van der Waals surface area contributed by atoms with E-state index in [9.17, 15) is 4.79 Å². The van der Waals surface area contributed by atoms with Gasteiger partial charge in [0.05, 0.1) is 7.11 Å². The van der Waals surface area contributed by atoms with E-state index < -0.39 is 0 Å². The molecule has 0 aliphatic rings. The van der Waals surface area contributed by atoms with E-state index >= 15 is 0 Å². The molecule has 0 spiro atoms. The van der Waals surface area contributed by atoms with E-state index in [1.165, 1.54) is 0 Å². The molecule has 0 saturated carbocycles. The van der Waals surface area contributed by atoms with E-state index in [4.69, 9.17) is 4.74 Å². The van der Waals surface area contributed by atoms with Crippen molar-refractivity contribution in [1.29, 1.82) is 0 Å². The Kier molecular flexibility index (Phi) is 3.38. The molecule has 0 N–H and O–H groups in total. The predicted molar refractivity (Wildman–Crippen MR) is 67.4 cm³/mol. The standard InChI is InChI=1S/C14H15NO2/c1-10(6-8-16)12-4-3-11-5-7-15-14(17-2)13(11)9-12/h3-5,7-10H,6H2,1-2H3. The number of ether oxygens (including phenoxy) is 1. The molecule has 3 heteroatoms. The maximum absolute atomic E-state index is 10.5. The van der Waals surface area contributed by atoms with E-state index in [1.54, 1.807) is 13.3 Å². The molecule has 0 fully saturated rings. The van der Waals surface area contributed by atoms with Crippen molar-refractivity contribution in [2.45, 2.75) is 19.3 Å². The van der Waals surface area contributed by atoms with Crippen LogP contribution in [0, 0.1) is 0 Å². The van der Waals surface area contributed by atoms with Gasteiger partial charge in [-0.15, -0.1) is 0 Å². The summed E-state index contributed by atoms with van der Waals surface area (Å²) in [7, 11) is 1.61. The van der Waals surface area contributed by atoms with Gasteiger partial charge in [0.1, 0.15) is 6.29 Å². The minimum absolute atomic E-state index is 0.224. The van der Waals surface area contributed by atoms with Crippen LogP contribution in [0.25, 0.3) is 10.8 Å². The van der Waals surface area contributed by atoms with Crippen molar-refractivity contribution in [3.8, 4) is 5.88 Å². The molecular weight excluding hydrogens is 214 g/mol. The van der Waals surface area contributed by atoms with Gasteiger partial charge in [0, 0.05) is 18.0 Å². The van der Waals surface area contributed by atoms with Crippen LogP contribution in [-0.2, 0) is 4.79 Å². The Balaban J connectivity index is 2.51. The zero-order valence-corrected chi connectivity index (χ0v) is 10.0. The predicted octanol–water partition coefficient (Wildman–Crippen LogP) is 2.94. The molecule has 1 atom stereocenters. The summed E-state index contributed by atoms with van der Waals surface area (Å²) in [4.78, 5) is 14.7. The fourth-order valence-electron chi connectivity index (χ4n) is 1.91. The smallest absolute Gasteiger partial charge is 0.221 e.